The molecule has 0 heterocycles. The molecule has 0 spiro atoms. The van der Waals surface area contributed by atoms with E-state index < -0.39 is 0 Å². The molecule has 0 fully saturated rings. The van der Waals surface area contributed by atoms with Crippen LogP contribution < -0.4 is 0 Å². The van der Waals surface area contributed by atoms with Crippen LogP contribution in [0.25, 0.3) is 0 Å². The van der Waals surface area contributed by atoms with Crippen LogP contribution >= 0.6 is 0 Å². The molecule has 0 amide bonds. The Morgan fingerprint density at radius 2 is 1.75 bits per heavy atom. The fourth-order valence-corrected chi connectivity index (χ4v) is 1.30. The Kier molecular flexibility index (Phi) is 9.02. The molecule has 0 aliphatic heterocycles. The second-order valence-electron chi connectivity index (χ2n) is 3.53. The van der Waals surface area contributed by atoms with E-state index in [1.807, 2.05) is 0 Å². The largest absolute Gasteiger partial charge is 0.379 e. The molecule has 0 aliphatic carbocycles. The van der Waals surface area contributed by atoms with Gasteiger partial charge in [0.1, 0.15) is 0 Å². The van der Waals surface area contributed by atoms with Gasteiger partial charge < -0.3 is 4.74 Å². The molecule has 0 radical (unpaired) electrons. The molecule has 0 N–H and O–H groups in total. The van der Waals surface area contributed by atoms with Crippen molar-refractivity contribution < 1.29 is 4.74 Å². The highest BCUT2D eigenvalue weighted by Crippen LogP contribution is 2.04. The summed E-state index contributed by atoms with van der Waals surface area (Å²) < 4.78 is 5.63. The van der Waals surface area contributed by atoms with E-state index >= 15 is 0 Å². The van der Waals surface area contributed by atoms with Crippen LogP contribution in [-0.2, 0) is 4.74 Å². The minimum atomic E-state index is 0.469. The van der Waals surface area contributed by atoms with Crippen molar-refractivity contribution in [2.75, 3.05) is 6.61 Å². The number of hydrogen-bond donors (Lipinski definition) is 0. The minimum absolute atomic E-state index is 0.469. The summed E-state index contributed by atoms with van der Waals surface area (Å²) >= 11 is 0. The topological polar surface area (TPSA) is 9.23 Å². The van der Waals surface area contributed by atoms with Crippen LogP contribution in [0.1, 0.15) is 59.3 Å². The molecule has 0 aromatic carbocycles. The average molecular weight is 172 g/mol. The van der Waals surface area contributed by atoms with Gasteiger partial charge >= 0.3 is 0 Å². The van der Waals surface area contributed by atoms with Gasteiger partial charge in [0, 0.05) is 6.61 Å². The van der Waals surface area contributed by atoms with Gasteiger partial charge in [0.25, 0.3) is 0 Å². The Labute approximate surface area is 77.5 Å². The summed E-state index contributed by atoms with van der Waals surface area (Å²) in [5.41, 5.74) is 0. The molecule has 0 rings (SSSR count). The van der Waals surface area contributed by atoms with Crippen LogP contribution in [0.2, 0.25) is 0 Å². The fraction of sp³-hybridized carbons (Fsp3) is 1.00. The molecule has 1 atom stereocenters. The minimum Gasteiger partial charge on any atom is -0.379 e. The van der Waals surface area contributed by atoms with E-state index in [2.05, 4.69) is 20.8 Å². The third-order valence-corrected chi connectivity index (χ3v) is 2.10. The lowest BCUT2D eigenvalue weighted by molar-refractivity contribution is 0.0571. The zero-order chi connectivity index (χ0) is 9.23. The first kappa shape index (κ1) is 12.0. The van der Waals surface area contributed by atoms with Gasteiger partial charge in [0.2, 0.25) is 0 Å². The number of rotatable bonds is 8. The lowest BCUT2D eigenvalue weighted by Gasteiger charge is -2.11. The van der Waals surface area contributed by atoms with Crippen molar-refractivity contribution >= 4 is 0 Å². The van der Waals surface area contributed by atoms with Crippen molar-refractivity contribution in [3.8, 4) is 0 Å². The van der Waals surface area contributed by atoms with Crippen LogP contribution in [0.3, 0.4) is 0 Å². The standard InChI is InChI=1S/C11H24O/c1-4-6-7-8-10-12-11(3)9-5-2/h11H,4-10H2,1-3H3. The summed E-state index contributed by atoms with van der Waals surface area (Å²) in [5, 5.41) is 0. The van der Waals surface area contributed by atoms with Crippen LogP contribution in [-0.4, -0.2) is 12.7 Å². The third-order valence-electron chi connectivity index (χ3n) is 2.10. The van der Waals surface area contributed by atoms with Crippen LogP contribution in [0.4, 0.5) is 0 Å². The van der Waals surface area contributed by atoms with Crippen molar-refractivity contribution in [3.05, 3.63) is 0 Å². The Hall–Kier alpha value is -0.0400. The van der Waals surface area contributed by atoms with Gasteiger partial charge in [-0.05, 0) is 19.8 Å². The van der Waals surface area contributed by atoms with E-state index in [1.54, 1.807) is 0 Å². The van der Waals surface area contributed by atoms with Crippen LogP contribution in [0.5, 0.6) is 0 Å². The first-order valence-electron chi connectivity index (χ1n) is 5.42. The van der Waals surface area contributed by atoms with Gasteiger partial charge in [-0.2, -0.15) is 0 Å². The zero-order valence-corrected chi connectivity index (χ0v) is 8.94. The molecule has 12 heavy (non-hydrogen) atoms. The van der Waals surface area contributed by atoms with E-state index in [1.165, 1.54) is 38.5 Å². The maximum Gasteiger partial charge on any atom is 0.0546 e. The SMILES string of the molecule is CCCCCCOC(C)CCC. The number of ether oxygens (including phenoxy) is 1. The predicted molar refractivity (Wildman–Crippen MR) is 54.5 cm³/mol. The van der Waals surface area contributed by atoms with E-state index in [-0.39, 0.29) is 0 Å². The van der Waals surface area contributed by atoms with Crippen molar-refractivity contribution in [2.45, 2.75) is 65.4 Å². The summed E-state index contributed by atoms with van der Waals surface area (Å²) in [5.74, 6) is 0. The highest BCUT2D eigenvalue weighted by atomic mass is 16.5. The number of unbranched alkanes of at least 4 members (excludes halogenated alkanes) is 3. The van der Waals surface area contributed by atoms with E-state index in [0.717, 1.165) is 6.61 Å². The fourth-order valence-electron chi connectivity index (χ4n) is 1.30. The maximum atomic E-state index is 5.63. The number of hydrogen-bond acceptors (Lipinski definition) is 1. The molecule has 0 aromatic rings. The highest BCUT2D eigenvalue weighted by molar-refractivity contribution is 4.48. The summed E-state index contributed by atoms with van der Waals surface area (Å²) in [4.78, 5) is 0. The van der Waals surface area contributed by atoms with E-state index in [0.29, 0.717) is 6.10 Å². The molecule has 1 nitrogen and oxygen atoms in total. The molecular formula is C11H24O. The normalized spacial score (nSPS) is 13.2. The Morgan fingerprint density at radius 3 is 2.33 bits per heavy atom. The Balaban J connectivity index is 2.97. The Bertz CT molecular complexity index is 81.1. The first-order chi connectivity index (χ1) is 5.81. The smallest absolute Gasteiger partial charge is 0.0546 e. The van der Waals surface area contributed by atoms with Crippen LogP contribution in [0.15, 0.2) is 0 Å². The molecule has 74 valence electrons. The van der Waals surface area contributed by atoms with E-state index in [4.69, 9.17) is 4.74 Å². The van der Waals surface area contributed by atoms with Crippen molar-refractivity contribution in [1.29, 1.82) is 0 Å². The second kappa shape index (κ2) is 9.05. The van der Waals surface area contributed by atoms with Gasteiger partial charge in [-0.1, -0.05) is 39.5 Å². The first-order valence-corrected chi connectivity index (χ1v) is 5.42. The van der Waals surface area contributed by atoms with Gasteiger partial charge in [0.05, 0.1) is 6.10 Å². The van der Waals surface area contributed by atoms with Crippen molar-refractivity contribution in [1.82, 2.24) is 0 Å². The zero-order valence-electron chi connectivity index (χ0n) is 8.94. The lowest BCUT2D eigenvalue weighted by Crippen LogP contribution is -2.08. The van der Waals surface area contributed by atoms with Crippen molar-refractivity contribution in [3.63, 3.8) is 0 Å². The summed E-state index contributed by atoms with van der Waals surface area (Å²) in [7, 11) is 0. The molecule has 0 saturated carbocycles. The maximum absolute atomic E-state index is 5.63. The Morgan fingerprint density at radius 1 is 1.00 bits per heavy atom. The van der Waals surface area contributed by atoms with Gasteiger partial charge in [-0.3, -0.25) is 0 Å². The highest BCUT2D eigenvalue weighted by Gasteiger charge is 1.98. The summed E-state index contributed by atoms with van der Waals surface area (Å²) in [6, 6.07) is 0. The second-order valence-corrected chi connectivity index (χ2v) is 3.53. The van der Waals surface area contributed by atoms with Crippen LogP contribution in [0, 0.1) is 0 Å². The van der Waals surface area contributed by atoms with Gasteiger partial charge in [0.15, 0.2) is 0 Å². The quantitative estimate of drug-likeness (QED) is 0.506. The van der Waals surface area contributed by atoms with E-state index in [9.17, 15) is 0 Å². The molecule has 1 heteroatoms. The molecule has 1 unspecified atom stereocenters. The molecule has 0 aliphatic rings. The third kappa shape index (κ3) is 8.06. The molecule has 0 aromatic heterocycles. The monoisotopic (exact) mass is 172 g/mol. The molecular weight excluding hydrogens is 148 g/mol. The molecule has 0 bridgehead atoms. The summed E-state index contributed by atoms with van der Waals surface area (Å²) in [6.45, 7) is 7.57. The van der Waals surface area contributed by atoms with Gasteiger partial charge in [-0.25, -0.2) is 0 Å². The predicted octanol–water partition coefficient (Wildman–Crippen LogP) is 3.77. The van der Waals surface area contributed by atoms with Crippen molar-refractivity contribution in [2.24, 2.45) is 0 Å². The molecule has 0 saturated heterocycles. The van der Waals surface area contributed by atoms with Gasteiger partial charge in [-0.15, -0.1) is 0 Å². The lowest BCUT2D eigenvalue weighted by atomic mass is 10.2. The average Bonchev–Trinajstić information content (AvgIpc) is 2.05. The summed E-state index contributed by atoms with van der Waals surface area (Å²) in [6.07, 6.45) is 8.13.